The summed E-state index contributed by atoms with van der Waals surface area (Å²) in [6.45, 7) is 0.595. The van der Waals surface area contributed by atoms with Gasteiger partial charge in [-0.3, -0.25) is 4.79 Å². The molecule has 0 aromatic heterocycles. The summed E-state index contributed by atoms with van der Waals surface area (Å²) in [4.78, 5) is 10.9. The van der Waals surface area contributed by atoms with Gasteiger partial charge in [-0.2, -0.15) is 0 Å². The zero-order chi connectivity index (χ0) is 8.53. The van der Waals surface area contributed by atoms with Crippen LogP contribution in [0.2, 0.25) is 0 Å². The van der Waals surface area contributed by atoms with E-state index in [1.165, 1.54) is 0 Å². The summed E-state index contributed by atoms with van der Waals surface area (Å²) in [6.07, 6.45) is 7.07. The third-order valence-corrected chi connectivity index (χ3v) is 1.69. The minimum absolute atomic E-state index is 0.0831. The first-order valence-corrected chi connectivity index (χ1v) is 4.69. The molecule has 0 saturated carbocycles. The molecule has 0 aliphatic heterocycles. The Morgan fingerprint density at radius 2 is 2.36 bits per heavy atom. The van der Waals surface area contributed by atoms with Crippen molar-refractivity contribution in [3.05, 3.63) is 0 Å². The zero-order valence-corrected chi connectivity index (χ0v) is 7.99. The predicted octanol–water partition coefficient (Wildman–Crippen LogP) is 1.30. The normalized spacial score (nSPS) is 8.73. The minimum Gasteiger partial charge on any atom is -0.355 e. The van der Waals surface area contributed by atoms with E-state index in [4.69, 9.17) is 6.42 Å². The van der Waals surface area contributed by atoms with Gasteiger partial charge in [-0.25, -0.2) is 0 Å². The van der Waals surface area contributed by atoms with Crippen molar-refractivity contribution in [3.8, 4) is 12.3 Å². The SMILES string of the molecule is C#CCCNC(=O)CCCBr. The van der Waals surface area contributed by atoms with Crippen LogP contribution in [0.4, 0.5) is 0 Å². The number of nitrogens with one attached hydrogen (secondary N) is 1. The molecule has 3 heteroatoms. The molecule has 1 N–H and O–H groups in total. The van der Waals surface area contributed by atoms with E-state index < -0.39 is 0 Å². The van der Waals surface area contributed by atoms with Crippen LogP contribution in [0.1, 0.15) is 19.3 Å². The van der Waals surface area contributed by atoms with Gasteiger partial charge in [0, 0.05) is 24.7 Å². The molecule has 0 aliphatic carbocycles. The van der Waals surface area contributed by atoms with Crippen LogP contribution in [0.15, 0.2) is 0 Å². The van der Waals surface area contributed by atoms with Crippen molar-refractivity contribution in [1.29, 1.82) is 0 Å². The van der Waals surface area contributed by atoms with Crippen LogP contribution in [0, 0.1) is 12.3 Å². The van der Waals surface area contributed by atoms with Crippen molar-refractivity contribution in [2.24, 2.45) is 0 Å². The van der Waals surface area contributed by atoms with E-state index in [-0.39, 0.29) is 5.91 Å². The van der Waals surface area contributed by atoms with Gasteiger partial charge in [-0.15, -0.1) is 12.3 Å². The molecule has 0 fully saturated rings. The van der Waals surface area contributed by atoms with Crippen LogP contribution in [0.5, 0.6) is 0 Å². The molecule has 11 heavy (non-hydrogen) atoms. The molecule has 2 nitrogen and oxygen atoms in total. The Bertz CT molecular complexity index is 151. The second kappa shape index (κ2) is 7.62. The molecule has 0 rings (SSSR count). The van der Waals surface area contributed by atoms with E-state index in [0.717, 1.165) is 11.8 Å². The highest BCUT2D eigenvalue weighted by molar-refractivity contribution is 9.09. The van der Waals surface area contributed by atoms with Gasteiger partial charge >= 0.3 is 0 Å². The first-order chi connectivity index (χ1) is 5.31. The molecule has 0 aromatic rings. The van der Waals surface area contributed by atoms with Crippen LogP contribution >= 0.6 is 15.9 Å². The minimum atomic E-state index is 0.0831. The van der Waals surface area contributed by atoms with E-state index >= 15 is 0 Å². The standard InChI is InChI=1S/C8H12BrNO/c1-2-3-7-10-8(11)5-4-6-9/h1H,3-7H2,(H,10,11). The highest BCUT2D eigenvalue weighted by Crippen LogP contribution is 1.92. The Morgan fingerprint density at radius 3 is 2.91 bits per heavy atom. The van der Waals surface area contributed by atoms with Crippen molar-refractivity contribution in [2.75, 3.05) is 11.9 Å². The van der Waals surface area contributed by atoms with Crippen LogP contribution < -0.4 is 5.32 Å². The largest absolute Gasteiger partial charge is 0.355 e. The molecule has 0 aromatic carbocycles. The number of rotatable bonds is 5. The molecule has 0 spiro atoms. The Morgan fingerprint density at radius 1 is 1.64 bits per heavy atom. The quantitative estimate of drug-likeness (QED) is 0.420. The van der Waals surface area contributed by atoms with Gasteiger partial charge in [0.1, 0.15) is 0 Å². The van der Waals surface area contributed by atoms with Crippen molar-refractivity contribution < 1.29 is 4.79 Å². The number of amides is 1. The number of hydrogen-bond donors (Lipinski definition) is 1. The topological polar surface area (TPSA) is 29.1 Å². The van der Waals surface area contributed by atoms with Gasteiger partial charge in [-0.1, -0.05) is 15.9 Å². The Labute approximate surface area is 75.9 Å². The monoisotopic (exact) mass is 217 g/mol. The molecule has 0 saturated heterocycles. The van der Waals surface area contributed by atoms with Crippen molar-refractivity contribution in [3.63, 3.8) is 0 Å². The lowest BCUT2D eigenvalue weighted by Crippen LogP contribution is -2.23. The molecule has 62 valence electrons. The first-order valence-electron chi connectivity index (χ1n) is 3.57. The van der Waals surface area contributed by atoms with Crippen molar-refractivity contribution in [2.45, 2.75) is 19.3 Å². The predicted molar refractivity (Wildman–Crippen MR) is 49.5 cm³/mol. The van der Waals surface area contributed by atoms with E-state index in [2.05, 4.69) is 27.2 Å². The number of carbonyl (C=O) groups excluding carboxylic acids is 1. The van der Waals surface area contributed by atoms with Crippen molar-refractivity contribution >= 4 is 21.8 Å². The number of terminal acetylenes is 1. The molecular weight excluding hydrogens is 206 g/mol. The summed E-state index contributed by atoms with van der Waals surface area (Å²) in [5.74, 6) is 2.54. The maximum atomic E-state index is 10.9. The lowest BCUT2D eigenvalue weighted by atomic mass is 10.3. The maximum absolute atomic E-state index is 10.9. The lowest BCUT2D eigenvalue weighted by molar-refractivity contribution is -0.121. The molecular formula is C8H12BrNO. The smallest absolute Gasteiger partial charge is 0.220 e. The summed E-state index contributed by atoms with van der Waals surface area (Å²) in [5.41, 5.74) is 0. The number of halogens is 1. The van der Waals surface area contributed by atoms with Gasteiger partial charge in [0.15, 0.2) is 0 Å². The molecule has 0 radical (unpaired) electrons. The number of carbonyl (C=O) groups is 1. The van der Waals surface area contributed by atoms with Crippen LogP contribution in [0.25, 0.3) is 0 Å². The van der Waals surface area contributed by atoms with Crippen LogP contribution in [-0.4, -0.2) is 17.8 Å². The first kappa shape index (κ1) is 10.5. The summed E-state index contributed by atoms with van der Waals surface area (Å²) in [7, 11) is 0. The highest BCUT2D eigenvalue weighted by Gasteiger charge is 1.97. The Kier molecular flexibility index (Phi) is 7.28. The average molecular weight is 218 g/mol. The van der Waals surface area contributed by atoms with Crippen LogP contribution in [-0.2, 0) is 4.79 Å². The number of hydrogen-bond acceptors (Lipinski definition) is 1. The lowest BCUT2D eigenvalue weighted by Gasteiger charge is -2.00. The van der Waals surface area contributed by atoms with E-state index in [0.29, 0.717) is 19.4 Å². The molecule has 0 heterocycles. The number of alkyl halides is 1. The summed E-state index contributed by atoms with van der Waals surface area (Å²) in [6, 6.07) is 0. The molecule has 0 bridgehead atoms. The molecule has 0 aliphatic rings. The second-order valence-corrected chi connectivity index (χ2v) is 2.89. The summed E-state index contributed by atoms with van der Waals surface area (Å²) < 4.78 is 0. The van der Waals surface area contributed by atoms with Crippen molar-refractivity contribution in [1.82, 2.24) is 5.32 Å². The van der Waals surface area contributed by atoms with Gasteiger partial charge in [0.05, 0.1) is 0 Å². The molecule has 1 amide bonds. The van der Waals surface area contributed by atoms with E-state index in [1.54, 1.807) is 0 Å². The third-order valence-electron chi connectivity index (χ3n) is 1.13. The fourth-order valence-corrected chi connectivity index (χ4v) is 0.870. The molecule has 0 atom stereocenters. The van der Waals surface area contributed by atoms with E-state index in [1.807, 2.05) is 0 Å². The maximum Gasteiger partial charge on any atom is 0.220 e. The fraction of sp³-hybridized carbons (Fsp3) is 0.625. The van der Waals surface area contributed by atoms with Gasteiger partial charge in [-0.05, 0) is 6.42 Å². The second-order valence-electron chi connectivity index (χ2n) is 2.10. The fourth-order valence-electron chi connectivity index (χ4n) is 0.590. The van der Waals surface area contributed by atoms with Gasteiger partial charge < -0.3 is 5.32 Å². The summed E-state index contributed by atoms with van der Waals surface area (Å²) in [5, 5.41) is 3.59. The van der Waals surface area contributed by atoms with E-state index in [9.17, 15) is 4.79 Å². The Hall–Kier alpha value is -0.490. The Balaban J connectivity index is 3.17. The van der Waals surface area contributed by atoms with Gasteiger partial charge in [0.2, 0.25) is 5.91 Å². The van der Waals surface area contributed by atoms with Gasteiger partial charge in [0.25, 0.3) is 0 Å². The molecule has 0 unspecified atom stereocenters. The average Bonchev–Trinajstić information content (AvgIpc) is 2.01. The third kappa shape index (κ3) is 7.41. The highest BCUT2D eigenvalue weighted by atomic mass is 79.9. The summed E-state index contributed by atoms with van der Waals surface area (Å²) >= 11 is 3.25. The van der Waals surface area contributed by atoms with Crippen LogP contribution in [0.3, 0.4) is 0 Å². The zero-order valence-electron chi connectivity index (χ0n) is 6.40.